The first-order chi connectivity index (χ1) is 13.8. The minimum atomic E-state index is 0.0548. The average Bonchev–Trinajstić information content (AvgIpc) is 3.14. The van der Waals surface area contributed by atoms with Crippen molar-refractivity contribution in [1.82, 2.24) is 4.57 Å². The number of pyridine rings is 1. The van der Waals surface area contributed by atoms with E-state index >= 15 is 0 Å². The van der Waals surface area contributed by atoms with E-state index in [1.54, 1.807) is 0 Å². The van der Waals surface area contributed by atoms with Crippen LogP contribution in [0.3, 0.4) is 0 Å². The molecule has 0 aliphatic carbocycles. The number of furan rings is 1. The zero-order valence-corrected chi connectivity index (χ0v) is 14.9. The molecule has 3 nitrogen and oxygen atoms in total. The quantitative estimate of drug-likeness (QED) is 0.335. The van der Waals surface area contributed by atoms with Gasteiger partial charge in [0.05, 0.1) is 16.7 Å². The van der Waals surface area contributed by atoms with E-state index in [2.05, 4.69) is 16.7 Å². The van der Waals surface area contributed by atoms with Gasteiger partial charge in [-0.2, -0.15) is 0 Å². The van der Waals surface area contributed by atoms with E-state index in [9.17, 15) is 4.79 Å². The molecule has 3 heteroatoms. The van der Waals surface area contributed by atoms with Gasteiger partial charge in [0.1, 0.15) is 5.58 Å². The predicted octanol–water partition coefficient (Wildman–Crippen LogP) is 6.04. The smallest absolute Gasteiger partial charge is 0.197 e. The summed E-state index contributed by atoms with van der Waals surface area (Å²) in [7, 11) is 0. The lowest BCUT2D eigenvalue weighted by Gasteiger charge is -2.15. The summed E-state index contributed by atoms with van der Waals surface area (Å²) in [5.41, 5.74) is 4.42. The summed E-state index contributed by atoms with van der Waals surface area (Å²) < 4.78 is 8.40. The van der Waals surface area contributed by atoms with Gasteiger partial charge in [0.15, 0.2) is 11.0 Å². The maximum absolute atomic E-state index is 13.0. The van der Waals surface area contributed by atoms with E-state index in [1.165, 1.54) is 0 Å². The van der Waals surface area contributed by atoms with Crippen molar-refractivity contribution < 1.29 is 4.42 Å². The van der Waals surface area contributed by atoms with Crippen LogP contribution in [0.1, 0.15) is 0 Å². The van der Waals surface area contributed by atoms with Gasteiger partial charge in [0.25, 0.3) is 0 Å². The molecule has 2 heterocycles. The average molecular weight is 361 g/mol. The SMILES string of the molecule is O=c1c2ccccc2n(-c2cccc3c2oc2ccccc23)c2ccccc12. The Hall–Kier alpha value is -3.85. The standard InChI is InChI=1S/C25H15NO2/c27-24-18-9-1-4-12-20(18)26(21-13-5-2-10-19(21)24)22-14-7-11-17-16-8-3-6-15-23(16)28-25(17)22/h1-15H. The number of nitrogens with zero attached hydrogens (tertiary/aromatic N) is 1. The zero-order valence-electron chi connectivity index (χ0n) is 14.9. The first-order valence-corrected chi connectivity index (χ1v) is 9.26. The molecule has 132 valence electrons. The van der Waals surface area contributed by atoms with Crippen LogP contribution >= 0.6 is 0 Å². The van der Waals surface area contributed by atoms with E-state index in [0.717, 1.165) is 38.7 Å². The second-order valence-corrected chi connectivity index (χ2v) is 6.95. The summed E-state index contributed by atoms with van der Waals surface area (Å²) in [5.74, 6) is 0. The molecule has 2 aromatic heterocycles. The molecule has 0 amide bonds. The molecular formula is C25H15NO2. The predicted molar refractivity (Wildman–Crippen MR) is 114 cm³/mol. The van der Waals surface area contributed by atoms with Crippen molar-refractivity contribution in [2.45, 2.75) is 0 Å². The van der Waals surface area contributed by atoms with Crippen LogP contribution in [-0.4, -0.2) is 4.57 Å². The summed E-state index contributed by atoms with van der Waals surface area (Å²) in [6.07, 6.45) is 0. The summed E-state index contributed by atoms with van der Waals surface area (Å²) in [6.45, 7) is 0. The molecule has 0 saturated carbocycles. The Morgan fingerprint density at radius 1 is 0.571 bits per heavy atom. The first-order valence-electron chi connectivity index (χ1n) is 9.26. The van der Waals surface area contributed by atoms with Gasteiger partial charge < -0.3 is 8.98 Å². The molecule has 0 fully saturated rings. The van der Waals surface area contributed by atoms with Crippen LogP contribution in [-0.2, 0) is 0 Å². The number of hydrogen-bond acceptors (Lipinski definition) is 2. The second-order valence-electron chi connectivity index (χ2n) is 6.95. The molecule has 0 bridgehead atoms. The van der Waals surface area contributed by atoms with Crippen LogP contribution in [0.5, 0.6) is 0 Å². The Balaban J connectivity index is 1.88. The molecule has 0 saturated heterocycles. The van der Waals surface area contributed by atoms with Crippen LogP contribution in [0.25, 0.3) is 49.4 Å². The number of benzene rings is 4. The molecule has 0 N–H and O–H groups in total. The highest BCUT2D eigenvalue weighted by Crippen LogP contribution is 2.34. The third-order valence-corrected chi connectivity index (χ3v) is 5.40. The molecular weight excluding hydrogens is 346 g/mol. The van der Waals surface area contributed by atoms with Crippen molar-refractivity contribution in [2.75, 3.05) is 0 Å². The number of aromatic nitrogens is 1. The molecule has 4 aromatic carbocycles. The van der Waals surface area contributed by atoms with Gasteiger partial charge in [0, 0.05) is 21.5 Å². The van der Waals surface area contributed by atoms with E-state index in [-0.39, 0.29) is 5.43 Å². The summed E-state index contributed by atoms with van der Waals surface area (Å²) in [6, 6.07) is 29.7. The Labute approximate surface area is 160 Å². The molecule has 0 unspecified atom stereocenters. The van der Waals surface area contributed by atoms with Gasteiger partial charge in [-0.3, -0.25) is 4.79 Å². The highest BCUT2D eigenvalue weighted by atomic mass is 16.3. The van der Waals surface area contributed by atoms with Crippen LogP contribution < -0.4 is 5.43 Å². The molecule has 6 rings (SSSR count). The van der Waals surface area contributed by atoms with Crippen molar-refractivity contribution in [3.05, 3.63) is 101 Å². The van der Waals surface area contributed by atoms with Crippen molar-refractivity contribution >= 4 is 43.7 Å². The summed E-state index contributed by atoms with van der Waals surface area (Å²) >= 11 is 0. The van der Waals surface area contributed by atoms with E-state index in [1.807, 2.05) is 78.9 Å². The summed E-state index contributed by atoms with van der Waals surface area (Å²) in [5, 5.41) is 3.57. The second kappa shape index (κ2) is 5.57. The fraction of sp³-hybridized carbons (Fsp3) is 0. The third-order valence-electron chi connectivity index (χ3n) is 5.40. The lowest BCUT2D eigenvalue weighted by atomic mass is 10.1. The fourth-order valence-corrected chi connectivity index (χ4v) is 4.16. The van der Waals surface area contributed by atoms with Crippen LogP contribution in [0, 0.1) is 0 Å². The van der Waals surface area contributed by atoms with Crippen molar-refractivity contribution in [3.63, 3.8) is 0 Å². The van der Waals surface area contributed by atoms with E-state index in [0.29, 0.717) is 10.8 Å². The van der Waals surface area contributed by atoms with Crippen LogP contribution in [0.4, 0.5) is 0 Å². The highest BCUT2D eigenvalue weighted by Gasteiger charge is 2.16. The Morgan fingerprint density at radius 3 is 1.86 bits per heavy atom. The van der Waals surface area contributed by atoms with Gasteiger partial charge in [-0.05, 0) is 36.4 Å². The molecule has 0 aliphatic rings. The van der Waals surface area contributed by atoms with E-state index < -0.39 is 0 Å². The number of para-hydroxylation sites is 4. The zero-order chi connectivity index (χ0) is 18.7. The van der Waals surface area contributed by atoms with Gasteiger partial charge >= 0.3 is 0 Å². The fourth-order valence-electron chi connectivity index (χ4n) is 4.16. The Bertz CT molecular complexity index is 1530. The highest BCUT2D eigenvalue weighted by molar-refractivity contribution is 6.08. The molecule has 6 aromatic rings. The maximum atomic E-state index is 13.0. The Kier molecular flexibility index (Phi) is 3.03. The lowest BCUT2D eigenvalue weighted by Crippen LogP contribution is -2.10. The van der Waals surface area contributed by atoms with Crippen molar-refractivity contribution in [2.24, 2.45) is 0 Å². The van der Waals surface area contributed by atoms with E-state index in [4.69, 9.17) is 4.42 Å². The summed E-state index contributed by atoms with van der Waals surface area (Å²) in [4.78, 5) is 13.0. The molecule has 28 heavy (non-hydrogen) atoms. The number of rotatable bonds is 1. The minimum absolute atomic E-state index is 0.0548. The number of hydrogen-bond donors (Lipinski definition) is 0. The molecule has 0 atom stereocenters. The van der Waals surface area contributed by atoms with Crippen LogP contribution in [0.2, 0.25) is 0 Å². The molecule has 0 spiro atoms. The Morgan fingerprint density at radius 2 is 1.14 bits per heavy atom. The van der Waals surface area contributed by atoms with Gasteiger partial charge in [0.2, 0.25) is 0 Å². The van der Waals surface area contributed by atoms with Gasteiger partial charge in [-0.25, -0.2) is 0 Å². The molecule has 0 radical (unpaired) electrons. The molecule has 0 aliphatic heterocycles. The normalized spacial score (nSPS) is 11.7. The number of fused-ring (bicyclic) bond motifs is 5. The van der Waals surface area contributed by atoms with Crippen molar-refractivity contribution in [1.29, 1.82) is 0 Å². The minimum Gasteiger partial charge on any atom is -0.454 e. The first kappa shape index (κ1) is 15.2. The van der Waals surface area contributed by atoms with Crippen molar-refractivity contribution in [3.8, 4) is 5.69 Å². The third kappa shape index (κ3) is 1.96. The monoisotopic (exact) mass is 361 g/mol. The maximum Gasteiger partial charge on any atom is 0.197 e. The van der Waals surface area contributed by atoms with Crippen LogP contribution in [0.15, 0.2) is 100 Å². The van der Waals surface area contributed by atoms with Gasteiger partial charge in [-0.15, -0.1) is 0 Å². The topological polar surface area (TPSA) is 35.1 Å². The largest absolute Gasteiger partial charge is 0.454 e. The van der Waals surface area contributed by atoms with Gasteiger partial charge in [-0.1, -0.05) is 54.6 Å². The lowest BCUT2D eigenvalue weighted by molar-refractivity contribution is 0.666.